The SMILES string of the molecule is CCCNCc1ccc(N(C)CCC(=O)NC)nc1. The first-order valence-electron chi connectivity index (χ1n) is 6.74. The standard InChI is InChI=1S/C14H24N4O/c1-4-8-16-10-12-5-6-13(17-11-12)18(3)9-7-14(19)15-2/h5-6,11,16H,4,7-10H2,1-3H3,(H,15,19). The van der Waals surface area contributed by atoms with Crippen molar-refractivity contribution in [1.29, 1.82) is 0 Å². The van der Waals surface area contributed by atoms with E-state index in [0.717, 1.165) is 25.3 Å². The van der Waals surface area contributed by atoms with Crippen LogP contribution in [0, 0.1) is 0 Å². The van der Waals surface area contributed by atoms with E-state index in [1.54, 1.807) is 7.05 Å². The monoisotopic (exact) mass is 264 g/mol. The van der Waals surface area contributed by atoms with Gasteiger partial charge in [-0.15, -0.1) is 0 Å². The molecule has 1 heterocycles. The maximum absolute atomic E-state index is 11.2. The first-order chi connectivity index (χ1) is 9.17. The van der Waals surface area contributed by atoms with Gasteiger partial charge in [-0.3, -0.25) is 4.79 Å². The number of aromatic nitrogens is 1. The minimum atomic E-state index is 0.0484. The third-order valence-corrected chi connectivity index (χ3v) is 2.91. The van der Waals surface area contributed by atoms with Crippen molar-refractivity contribution >= 4 is 11.7 Å². The van der Waals surface area contributed by atoms with Crippen LogP contribution in [0.5, 0.6) is 0 Å². The molecule has 106 valence electrons. The summed E-state index contributed by atoms with van der Waals surface area (Å²) < 4.78 is 0. The molecule has 0 saturated carbocycles. The lowest BCUT2D eigenvalue weighted by molar-refractivity contribution is -0.120. The third-order valence-electron chi connectivity index (χ3n) is 2.91. The van der Waals surface area contributed by atoms with Crippen LogP contribution >= 0.6 is 0 Å². The summed E-state index contributed by atoms with van der Waals surface area (Å²) in [6.07, 6.45) is 3.50. The Labute approximate surface area is 115 Å². The lowest BCUT2D eigenvalue weighted by Gasteiger charge is -2.17. The smallest absolute Gasteiger partial charge is 0.221 e. The molecule has 1 rings (SSSR count). The molecule has 0 unspecified atom stereocenters. The van der Waals surface area contributed by atoms with Gasteiger partial charge >= 0.3 is 0 Å². The number of carbonyl (C=O) groups excluding carboxylic acids is 1. The average molecular weight is 264 g/mol. The van der Waals surface area contributed by atoms with E-state index in [9.17, 15) is 4.79 Å². The number of rotatable bonds is 8. The molecule has 0 spiro atoms. The Bertz CT molecular complexity index is 378. The minimum Gasteiger partial charge on any atom is -0.359 e. The summed E-state index contributed by atoms with van der Waals surface area (Å²) in [5.74, 6) is 0.940. The summed E-state index contributed by atoms with van der Waals surface area (Å²) in [6.45, 7) is 4.69. The predicted molar refractivity (Wildman–Crippen MR) is 78.2 cm³/mol. The fraction of sp³-hybridized carbons (Fsp3) is 0.571. The highest BCUT2D eigenvalue weighted by molar-refractivity contribution is 5.76. The van der Waals surface area contributed by atoms with E-state index in [1.165, 1.54) is 5.56 Å². The summed E-state index contributed by atoms with van der Waals surface area (Å²) in [5.41, 5.74) is 1.18. The van der Waals surface area contributed by atoms with Crippen molar-refractivity contribution in [2.24, 2.45) is 0 Å². The largest absolute Gasteiger partial charge is 0.359 e. The first kappa shape index (κ1) is 15.4. The number of nitrogens with one attached hydrogen (secondary N) is 2. The van der Waals surface area contributed by atoms with Crippen molar-refractivity contribution < 1.29 is 4.79 Å². The molecule has 1 amide bonds. The molecule has 0 aliphatic rings. The van der Waals surface area contributed by atoms with Crippen molar-refractivity contribution in [2.45, 2.75) is 26.3 Å². The molecule has 0 atom stereocenters. The van der Waals surface area contributed by atoms with Gasteiger partial charge in [-0.25, -0.2) is 4.98 Å². The summed E-state index contributed by atoms with van der Waals surface area (Å²) in [7, 11) is 3.60. The number of nitrogens with zero attached hydrogens (tertiary/aromatic N) is 2. The second kappa shape index (κ2) is 8.48. The number of hydrogen-bond acceptors (Lipinski definition) is 4. The van der Waals surface area contributed by atoms with Crippen molar-refractivity contribution in [1.82, 2.24) is 15.6 Å². The Morgan fingerprint density at radius 3 is 2.79 bits per heavy atom. The van der Waals surface area contributed by atoms with Crippen LogP contribution in [0.15, 0.2) is 18.3 Å². The van der Waals surface area contributed by atoms with E-state index >= 15 is 0 Å². The summed E-state index contributed by atoms with van der Waals surface area (Å²) >= 11 is 0. The van der Waals surface area contributed by atoms with Gasteiger partial charge in [0.2, 0.25) is 5.91 Å². The molecule has 0 aliphatic carbocycles. The molecule has 5 heteroatoms. The average Bonchev–Trinajstić information content (AvgIpc) is 2.45. The molecule has 0 fully saturated rings. The molecular formula is C14H24N4O. The molecule has 2 N–H and O–H groups in total. The Kier molecular flexibility index (Phi) is 6.89. The van der Waals surface area contributed by atoms with E-state index in [0.29, 0.717) is 13.0 Å². The number of pyridine rings is 1. The van der Waals surface area contributed by atoms with E-state index in [1.807, 2.05) is 24.2 Å². The van der Waals surface area contributed by atoms with Gasteiger partial charge in [-0.2, -0.15) is 0 Å². The first-order valence-corrected chi connectivity index (χ1v) is 6.74. The quantitative estimate of drug-likeness (QED) is 0.692. The fourth-order valence-electron chi connectivity index (χ4n) is 1.67. The van der Waals surface area contributed by atoms with Crippen LogP contribution in [0.25, 0.3) is 0 Å². The van der Waals surface area contributed by atoms with Crippen LogP contribution in [-0.4, -0.2) is 38.1 Å². The zero-order valence-electron chi connectivity index (χ0n) is 12.1. The number of amides is 1. The highest BCUT2D eigenvalue weighted by Crippen LogP contribution is 2.09. The minimum absolute atomic E-state index is 0.0484. The maximum atomic E-state index is 11.2. The molecule has 0 bridgehead atoms. The van der Waals surface area contributed by atoms with Gasteiger partial charge in [0.25, 0.3) is 0 Å². The molecule has 1 aromatic rings. The van der Waals surface area contributed by atoms with Crippen LogP contribution in [-0.2, 0) is 11.3 Å². The van der Waals surface area contributed by atoms with E-state index in [4.69, 9.17) is 0 Å². The van der Waals surface area contributed by atoms with Gasteiger partial charge in [-0.05, 0) is 24.6 Å². The number of hydrogen-bond donors (Lipinski definition) is 2. The normalized spacial score (nSPS) is 10.3. The predicted octanol–water partition coefficient (Wildman–Crippen LogP) is 1.15. The van der Waals surface area contributed by atoms with Gasteiger partial charge in [0, 0.05) is 39.8 Å². The Morgan fingerprint density at radius 2 is 2.21 bits per heavy atom. The van der Waals surface area contributed by atoms with Crippen LogP contribution in [0.4, 0.5) is 5.82 Å². The fourth-order valence-corrected chi connectivity index (χ4v) is 1.67. The van der Waals surface area contributed by atoms with Gasteiger partial charge in [0.05, 0.1) is 0 Å². The third kappa shape index (κ3) is 5.70. The van der Waals surface area contributed by atoms with Crippen molar-refractivity contribution in [2.75, 3.05) is 32.1 Å². The zero-order chi connectivity index (χ0) is 14.1. The van der Waals surface area contributed by atoms with Crippen LogP contribution in [0.3, 0.4) is 0 Å². The summed E-state index contributed by atoms with van der Waals surface area (Å²) in [4.78, 5) is 17.6. The molecule has 19 heavy (non-hydrogen) atoms. The Morgan fingerprint density at radius 1 is 1.42 bits per heavy atom. The van der Waals surface area contributed by atoms with Crippen LogP contribution in [0.2, 0.25) is 0 Å². The van der Waals surface area contributed by atoms with Gasteiger partial charge in [-0.1, -0.05) is 13.0 Å². The Balaban J connectivity index is 2.43. The van der Waals surface area contributed by atoms with Crippen LogP contribution in [0.1, 0.15) is 25.3 Å². The Hall–Kier alpha value is -1.62. The molecule has 0 aliphatic heterocycles. The van der Waals surface area contributed by atoms with Crippen LogP contribution < -0.4 is 15.5 Å². The van der Waals surface area contributed by atoms with E-state index in [2.05, 4.69) is 28.6 Å². The summed E-state index contributed by atoms with van der Waals surface area (Å²) in [5, 5.41) is 5.96. The second-order valence-electron chi connectivity index (χ2n) is 4.55. The van der Waals surface area contributed by atoms with E-state index in [-0.39, 0.29) is 5.91 Å². The highest BCUT2D eigenvalue weighted by atomic mass is 16.1. The van der Waals surface area contributed by atoms with Gasteiger partial charge in [0.1, 0.15) is 5.82 Å². The molecule has 1 aromatic heterocycles. The second-order valence-corrected chi connectivity index (χ2v) is 4.55. The van der Waals surface area contributed by atoms with Gasteiger partial charge in [0.15, 0.2) is 0 Å². The van der Waals surface area contributed by atoms with Crippen molar-refractivity contribution in [3.8, 4) is 0 Å². The molecule has 0 aromatic carbocycles. The zero-order valence-corrected chi connectivity index (χ0v) is 12.1. The van der Waals surface area contributed by atoms with E-state index < -0.39 is 0 Å². The summed E-state index contributed by atoms with van der Waals surface area (Å²) in [6, 6.07) is 4.06. The topological polar surface area (TPSA) is 57.3 Å². The molecule has 0 radical (unpaired) electrons. The number of carbonyl (C=O) groups is 1. The van der Waals surface area contributed by atoms with Crippen molar-refractivity contribution in [3.63, 3.8) is 0 Å². The maximum Gasteiger partial charge on any atom is 0.221 e. The van der Waals surface area contributed by atoms with Crippen molar-refractivity contribution in [3.05, 3.63) is 23.9 Å². The molecular weight excluding hydrogens is 240 g/mol. The number of anilines is 1. The molecule has 0 saturated heterocycles. The molecule has 5 nitrogen and oxygen atoms in total. The lowest BCUT2D eigenvalue weighted by atomic mass is 10.2. The van der Waals surface area contributed by atoms with Gasteiger partial charge < -0.3 is 15.5 Å². The lowest BCUT2D eigenvalue weighted by Crippen LogP contribution is -2.26. The highest BCUT2D eigenvalue weighted by Gasteiger charge is 2.05.